The average Bonchev–Trinajstić information content (AvgIpc) is 2.89. The summed E-state index contributed by atoms with van der Waals surface area (Å²) in [6, 6.07) is 0. The summed E-state index contributed by atoms with van der Waals surface area (Å²) in [4.78, 5) is 11.5. The van der Waals surface area contributed by atoms with E-state index in [0.29, 0.717) is 19.4 Å². The molecule has 0 aromatic rings. The molecule has 3 atom stereocenters. The number of rotatable bonds is 7. The van der Waals surface area contributed by atoms with Gasteiger partial charge in [-0.1, -0.05) is 6.92 Å². The van der Waals surface area contributed by atoms with Crippen molar-refractivity contribution in [2.24, 2.45) is 0 Å². The van der Waals surface area contributed by atoms with Crippen molar-refractivity contribution in [2.75, 3.05) is 19.8 Å². The van der Waals surface area contributed by atoms with Crippen LogP contribution in [0.3, 0.4) is 0 Å². The van der Waals surface area contributed by atoms with E-state index >= 15 is 0 Å². The molecule has 5 heteroatoms. The first-order chi connectivity index (χ1) is 9.66. The van der Waals surface area contributed by atoms with Gasteiger partial charge in [-0.05, 0) is 45.1 Å². The lowest BCUT2D eigenvalue weighted by molar-refractivity contribution is -0.145. The first kappa shape index (κ1) is 15.7. The highest BCUT2D eigenvalue weighted by atomic mass is 16.5. The summed E-state index contributed by atoms with van der Waals surface area (Å²) in [7, 11) is 0. The highest BCUT2D eigenvalue weighted by Gasteiger charge is 2.45. The molecule has 1 aliphatic carbocycles. The number of carboxylic acid groups (broad SMARTS) is 1. The van der Waals surface area contributed by atoms with Crippen molar-refractivity contribution in [3.05, 3.63) is 0 Å². The van der Waals surface area contributed by atoms with Gasteiger partial charge in [0.25, 0.3) is 0 Å². The Bertz CT molecular complexity index is 317. The van der Waals surface area contributed by atoms with E-state index in [1.165, 1.54) is 6.42 Å². The van der Waals surface area contributed by atoms with Crippen LogP contribution in [0.2, 0.25) is 0 Å². The molecule has 5 nitrogen and oxygen atoms in total. The normalized spacial score (nSPS) is 34.2. The fourth-order valence-corrected chi connectivity index (χ4v) is 3.12. The van der Waals surface area contributed by atoms with Gasteiger partial charge in [0.15, 0.2) is 0 Å². The molecule has 2 N–H and O–H groups in total. The van der Waals surface area contributed by atoms with Crippen LogP contribution >= 0.6 is 0 Å². The van der Waals surface area contributed by atoms with Crippen LogP contribution in [0.5, 0.6) is 0 Å². The lowest BCUT2D eigenvalue weighted by atomic mass is 9.97. The molecule has 20 heavy (non-hydrogen) atoms. The SMILES string of the molecule is CCCNC1(C(=O)O)CCC(OCC2CCCCO2)C1. The molecule has 0 radical (unpaired) electrons. The summed E-state index contributed by atoms with van der Waals surface area (Å²) < 4.78 is 11.5. The standard InChI is InChI=1S/C15H27NO4/c1-2-8-16-15(14(17)18)7-6-12(10-15)20-11-13-5-3-4-9-19-13/h12-13,16H,2-11H2,1H3,(H,17,18). The molecule has 0 amide bonds. The molecule has 116 valence electrons. The van der Waals surface area contributed by atoms with Crippen molar-refractivity contribution < 1.29 is 19.4 Å². The van der Waals surface area contributed by atoms with Gasteiger partial charge in [-0.2, -0.15) is 0 Å². The second-order valence-corrected chi connectivity index (χ2v) is 6.00. The predicted molar refractivity (Wildman–Crippen MR) is 75.8 cm³/mol. The molecule has 1 saturated heterocycles. The summed E-state index contributed by atoms with van der Waals surface area (Å²) in [5.74, 6) is -0.744. The molecule has 0 aromatic heterocycles. The van der Waals surface area contributed by atoms with Crippen molar-refractivity contribution in [1.82, 2.24) is 5.32 Å². The Morgan fingerprint density at radius 3 is 2.95 bits per heavy atom. The summed E-state index contributed by atoms with van der Waals surface area (Å²) in [6.07, 6.45) is 6.62. The fourth-order valence-electron chi connectivity index (χ4n) is 3.12. The van der Waals surface area contributed by atoms with E-state index in [1.807, 2.05) is 6.92 Å². The van der Waals surface area contributed by atoms with E-state index in [-0.39, 0.29) is 12.2 Å². The summed E-state index contributed by atoms with van der Waals surface area (Å²) >= 11 is 0. The van der Waals surface area contributed by atoms with Gasteiger partial charge < -0.3 is 19.9 Å². The van der Waals surface area contributed by atoms with Gasteiger partial charge in [-0.3, -0.25) is 4.79 Å². The third-order valence-electron chi connectivity index (χ3n) is 4.38. The second kappa shape index (κ2) is 7.38. The van der Waals surface area contributed by atoms with Gasteiger partial charge >= 0.3 is 5.97 Å². The zero-order valence-electron chi connectivity index (χ0n) is 12.4. The molecule has 1 aliphatic heterocycles. The Balaban J connectivity index is 1.78. The van der Waals surface area contributed by atoms with Gasteiger partial charge in [0.2, 0.25) is 0 Å². The minimum atomic E-state index is -0.784. The highest BCUT2D eigenvalue weighted by molar-refractivity contribution is 5.79. The molecule has 0 spiro atoms. The Labute approximate surface area is 121 Å². The zero-order valence-corrected chi connectivity index (χ0v) is 12.4. The summed E-state index contributed by atoms with van der Waals surface area (Å²) in [5.41, 5.74) is -0.784. The van der Waals surface area contributed by atoms with Gasteiger partial charge in [0, 0.05) is 13.0 Å². The molecule has 0 bridgehead atoms. The van der Waals surface area contributed by atoms with E-state index in [1.54, 1.807) is 0 Å². The molecular formula is C15H27NO4. The molecule has 2 aliphatic rings. The van der Waals surface area contributed by atoms with Gasteiger partial charge in [-0.25, -0.2) is 0 Å². The van der Waals surface area contributed by atoms with E-state index in [2.05, 4.69) is 5.32 Å². The molecule has 3 unspecified atom stereocenters. The number of hydrogen-bond donors (Lipinski definition) is 2. The van der Waals surface area contributed by atoms with Crippen LogP contribution in [0.4, 0.5) is 0 Å². The third kappa shape index (κ3) is 3.93. The number of hydrogen-bond acceptors (Lipinski definition) is 4. The molecule has 1 saturated carbocycles. The minimum absolute atomic E-state index is 0.0426. The predicted octanol–water partition coefficient (Wildman–Crippen LogP) is 1.95. The largest absolute Gasteiger partial charge is 0.480 e. The number of ether oxygens (including phenoxy) is 2. The van der Waals surface area contributed by atoms with E-state index in [4.69, 9.17) is 9.47 Å². The van der Waals surface area contributed by atoms with Gasteiger partial charge in [0.05, 0.1) is 18.8 Å². The second-order valence-electron chi connectivity index (χ2n) is 6.00. The molecule has 0 aromatic carbocycles. The maximum atomic E-state index is 11.5. The first-order valence-corrected chi connectivity index (χ1v) is 7.88. The summed E-state index contributed by atoms with van der Waals surface area (Å²) in [6.45, 7) is 4.22. The van der Waals surface area contributed by atoms with E-state index < -0.39 is 11.5 Å². The Kier molecular flexibility index (Phi) is 5.81. The molecule has 2 rings (SSSR count). The third-order valence-corrected chi connectivity index (χ3v) is 4.38. The van der Waals surface area contributed by atoms with Crippen LogP contribution in [0.1, 0.15) is 51.9 Å². The zero-order chi connectivity index (χ0) is 14.4. The quantitative estimate of drug-likeness (QED) is 0.748. The van der Waals surface area contributed by atoms with Crippen LogP contribution in [0.15, 0.2) is 0 Å². The summed E-state index contributed by atoms with van der Waals surface area (Å²) in [5, 5.41) is 12.7. The molecule has 2 fully saturated rings. The maximum absolute atomic E-state index is 11.5. The van der Waals surface area contributed by atoms with Crippen molar-refractivity contribution in [3.63, 3.8) is 0 Å². The minimum Gasteiger partial charge on any atom is -0.480 e. The maximum Gasteiger partial charge on any atom is 0.323 e. The molecular weight excluding hydrogens is 258 g/mol. The van der Waals surface area contributed by atoms with Crippen LogP contribution in [0.25, 0.3) is 0 Å². The van der Waals surface area contributed by atoms with Gasteiger partial charge in [0.1, 0.15) is 5.54 Å². The van der Waals surface area contributed by atoms with E-state index in [9.17, 15) is 9.90 Å². The lowest BCUT2D eigenvalue weighted by Gasteiger charge is -2.27. The Morgan fingerprint density at radius 1 is 1.45 bits per heavy atom. The van der Waals surface area contributed by atoms with Crippen molar-refractivity contribution in [1.29, 1.82) is 0 Å². The number of carboxylic acids is 1. The smallest absolute Gasteiger partial charge is 0.323 e. The first-order valence-electron chi connectivity index (χ1n) is 7.88. The number of aliphatic carboxylic acids is 1. The van der Waals surface area contributed by atoms with Crippen LogP contribution in [-0.4, -0.2) is 48.6 Å². The average molecular weight is 285 g/mol. The van der Waals surface area contributed by atoms with E-state index in [0.717, 1.165) is 38.8 Å². The van der Waals surface area contributed by atoms with Crippen molar-refractivity contribution in [2.45, 2.75) is 69.6 Å². The monoisotopic (exact) mass is 285 g/mol. The van der Waals surface area contributed by atoms with Crippen LogP contribution < -0.4 is 5.32 Å². The fraction of sp³-hybridized carbons (Fsp3) is 0.933. The van der Waals surface area contributed by atoms with Crippen molar-refractivity contribution >= 4 is 5.97 Å². The van der Waals surface area contributed by atoms with Crippen LogP contribution in [0, 0.1) is 0 Å². The Hall–Kier alpha value is -0.650. The van der Waals surface area contributed by atoms with Crippen LogP contribution in [-0.2, 0) is 14.3 Å². The van der Waals surface area contributed by atoms with Crippen molar-refractivity contribution in [3.8, 4) is 0 Å². The lowest BCUT2D eigenvalue weighted by Crippen LogP contribution is -2.50. The topological polar surface area (TPSA) is 67.8 Å². The number of carbonyl (C=O) groups is 1. The highest BCUT2D eigenvalue weighted by Crippen LogP contribution is 2.32. The number of nitrogens with one attached hydrogen (secondary N) is 1. The van der Waals surface area contributed by atoms with Gasteiger partial charge in [-0.15, -0.1) is 0 Å². The molecule has 1 heterocycles. The Morgan fingerprint density at radius 2 is 2.30 bits per heavy atom.